The average Bonchev–Trinajstić information content (AvgIpc) is 1.85. The summed E-state index contributed by atoms with van der Waals surface area (Å²) in [6.45, 7) is 7.28. The van der Waals surface area contributed by atoms with Crippen molar-refractivity contribution in [1.82, 2.24) is 0 Å². The van der Waals surface area contributed by atoms with E-state index in [1.165, 1.54) is 40.5 Å². The number of unbranched alkanes of at least 4 members (excludes halogenated alkanes) is 2. The molecular formula is C72H62F4O6S6. The Morgan fingerprint density at radius 1 is 0.341 bits per heavy atom. The molecule has 12 rings (SSSR count). The topological polar surface area (TPSA) is 55.4 Å². The maximum Gasteiger partial charge on any atom is 0.167 e. The lowest BCUT2D eigenvalue weighted by Gasteiger charge is -2.17. The lowest BCUT2D eigenvalue weighted by Crippen LogP contribution is -2.08. The number of hydrogen-bond acceptors (Lipinski definition) is 12. The summed E-state index contributed by atoms with van der Waals surface area (Å²) >= 11 is 11.1. The Morgan fingerprint density at radius 2 is 0.625 bits per heavy atom. The van der Waals surface area contributed by atoms with Gasteiger partial charge in [0.1, 0.15) is 36.2 Å². The minimum absolute atomic E-state index is 0.129. The summed E-state index contributed by atoms with van der Waals surface area (Å²) in [5, 5.41) is 4.48. The Kier molecular flexibility index (Phi) is 20.6. The van der Waals surface area contributed by atoms with Crippen LogP contribution >= 0.6 is 69.7 Å². The molecule has 4 heterocycles. The van der Waals surface area contributed by atoms with Crippen LogP contribution in [-0.2, 0) is 22.7 Å². The van der Waals surface area contributed by atoms with Crippen LogP contribution in [0.4, 0.5) is 17.6 Å². The van der Waals surface area contributed by atoms with Crippen LogP contribution in [0.15, 0.2) is 200 Å². The largest absolute Gasteiger partial charge is 0.494 e. The summed E-state index contributed by atoms with van der Waals surface area (Å²) in [6.07, 6.45) is 3.93. The molecule has 8 aromatic carbocycles. The number of benzene rings is 8. The predicted molar refractivity (Wildman–Crippen MR) is 355 cm³/mol. The van der Waals surface area contributed by atoms with E-state index in [0.717, 1.165) is 36.8 Å². The highest BCUT2D eigenvalue weighted by atomic mass is 32.2. The van der Waals surface area contributed by atoms with Gasteiger partial charge < -0.3 is 28.4 Å². The third-order valence-corrected chi connectivity index (χ3v) is 23.4. The number of fused-ring (bicyclic) bond motifs is 2. The standard InChI is InChI=1S/C72H62F4O6S6/c1-3-5-35-79-51-23-15-45(16-24-51)55-31-33-57(67(75)65(55)73)47-19-27-53(28-20-47)81-39-37-77-41-49-43-83-69(71-85-59-11-7-8-12-60(59)86-71)63(49)64-50(44-84-70(64)72-87-61-13-9-10-14-62(61)88-72)42-78-38-40-82-54-29-21-48(22-30-54)58-34-32-56(66(74)68(58)76)46-17-25-52(26-18-46)80-36-6-4-2/h7-34,43-44,71-72H,3-6,35-42H2,1-2H3. The van der Waals surface area contributed by atoms with Crippen molar-refractivity contribution in [2.24, 2.45) is 0 Å². The van der Waals surface area contributed by atoms with Crippen molar-refractivity contribution >= 4 is 69.7 Å². The first-order chi connectivity index (χ1) is 43.2. The highest BCUT2D eigenvalue weighted by molar-refractivity contribution is 8.19. The van der Waals surface area contributed by atoms with Gasteiger partial charge in [0.05, 0.1) is 48.8 Å². The maximum atomic E-state index is 15.7. The van der Waals surface area contributed by atoms with Crippen molar-refractivity contribution in [1.29, 1.82) is 0 Å². The van der Waals surface area contributed by atoms with Gasteiger partial charge >= 0.3 is 0 Å². The predicted octanol–water partition coefficient (Wildman–Crippen LogP) is 22.0. The summed E-state index contributed by atoms with van der Waals surface area (Å²) in [5.41, 5.74) is 7.43. The summed E-state index contributed by atoms with van der Waals surface area (Å²) in [7, 11) is 0. The molecule has 0 fully saturated rings. The van der Waals surface area contributed by atoms with E-state index in [-0.39, 0.29) is 44.6 Å². The number of halogens is 4. The van der Waals surface area contributed by atoms with Crippen LogP contribution in [0.2, 0.25) is 0 Å². The van der Waals surface area contributed by atoms with E-state index in [1.54, 1.807) is 144 Å². The zero-order valence-corrected chi connectivity index (χ0v) is 53.3. The number of thioether (sulfide) groups is 4. The first-order valence-corrected chi connectivity index (χ1v) is 34.6. The van der Waals surface area contributed by atoms with Crippen molar-refractivity contribution in [2.75, 3.05) is 39.6 Å². The van der Waals surface area contributed by atoms with Gasteiger partial charge in [-0.2, -0.15) is 0 Å². The fraction of sp³-hybridized carbons (Fsp3) is 0.222. The number of rotatable bonds is 27. The Morgan fingerprint density at radius 3 is 0.909 bits per heavy atom. The summed E-state index contributed by atoms with van der Waals surface area (Å²) in [6, 6.07) is 51.7. The summed E-state index contributed by atoms with van der Waals surface area (Å²) in [4.78, 5) is 7.60. The smallest absolute Gasteiger partial charge is 0.167 e. The first-order valence-electron chi connectivity index (χ1n) is 29.3. The molecule has 88 heavy (non-hydrogen) atoms. The molecule has 16 heteroatoms. The SMILES string of the molecule is CCCCOc1ccc(-c2ccc(-c3ccc(OCCOCc4csc(C5Sc6ccccc6S5)c4-c4c(COCCOc5ccc(-c6ccc(-c7ccc(OCCCC)cc7)c(F)c6F)cc5)csc4C4Sc5ccccc5S4)cc3)c(F)c2F)cc1. The van der Waals surface area contributed by atoms with Crippen molar-refractivity contribution in [3.63, 3.8) is 0 Å². The summed E-state index contributed by atoms with van der Waals surface area (Å²) < 4.78 is 99.6. The van der Waals surface area contributed by atoms with Crippen LogP contribution < -0.4 is 18.9 Å². The van der Waals surface area contributed by atoms with Gasteiger partial charge in [-0.25, -0.2) is 17.6 Å². The van der Waals surface area contributed by atoms with E-state index < -0.39 is 23.3 Å². The van der Waals surface area contributed by atoms with Gasteiger partial charge in [0.25, 0.3) is 0 Å². The Balaban J connectivity index is 0.710. The van der Waals surface area contributed by atoms with Gasteiger partial charge in [-0.15, -0.1) is 69.7 Å². The molecule has 0 spiro atoms. The van der Waals surface area contributed by atoms with Crippen LogP contribution in [-0.4, -0.2) is 39.6 Å². The van der Waals surface area contributed by atoms with Crippen molar-refractivity contribution in [3.05, 3.63) is 225 Å². The van der Waals surface area contributed by atoms with Gasteiger partial charge in [-0.05, 0) is 130 Å². The molecule has 0 amide bonds. The van der Waals surface area contributed by atoms with Crippen molar-refractivity contribution in [3.8, 4) is 78.6 Å². The summed E-state index contributed by atoms with van der Waals surface area (Å²) in [5.74, 6) is -1.08. The molecule has 450 valence electrons. The fourth-order valence-electron chi connectivity index (χ4n) is 10.3. The zero-order valence-electron chi connectivity index (χ0n) is 48.4. The fourth-order valence-corrected chi connectivity index (χ4v) is 18.8. The lowest BCUT2D eigenvalue weighted by molar-refractivity contribution is 0.0886. The maximum absolute atomic E-state index is 15.7. The van der Waals surface area contributed by atoms with Gasteiger partial charge in [0, 0.05) is 62.7 Å². The molecule has 2 aromatic heterocycles. The monoisotopic (exact) mass is 1290 g/mol. The van der Waals surface area contributed by atoms with Gasteiger partial charge in [-0.1, -0.05) is 124 Å². The quantitative estimate of drug-likeness (QED) is 0.0368. The molecule has 0 saturated heterocycles. The third kappa shape index (κ3) is 14.2. The van der Waals surface area contributed by atoms with Gasteiger partial charge in [-0.3, -0.25) is 0 Å². The number of ether oxygens (including phenoxy) is 6. The Bertz CT molecular complexity index is 3680. The molecule has 10 aromatic rings. The average molecular weight is 1290 g/mol. The van der Waals surface area contributed by atoms with Crippen molar-refractivity contribution < 1.29 is 46.0 Å². The molecule has 6 nitrogen and oxygen atoms in total. The molecule has 0 atom stereocenters. The number of thiophene rings is 2. The van der Waals surface area contributed by atoms with E-state index >= 15 is 17.6 Å². The van der Waals surface area contributed by atoms with E-state index in [4.69, 9.17) is 28.4 Å². The molecule has 0 bridgehead atoms. The van der Waals surface area contributed by atoms with Gasteiger partial charge in [0.15, 0.2) is 23.3 Å². The normalized spacial score (nSPS) is 13.0. The lowest BCUT2D eigenvalue weighted by atomic mass is 9.98. The minimum Gasteiger partial charge on any atom is -0.494 e. The van der Waals surface area contributed by atoms with Crippen molar-refractivity contribution in [2.45, 2.75) is 81.5 Å². The highest BCUT2D eigenvalue weighted by Crippen LogP contribution is 2.63. The van der Waals surface area contributed by atoms with Crippen LogP contribution in [0.1, 0.15) is 69.6 Å². The van der Waals surface area contributed by atoms with E-state index in [2.05, 4.69) is 73.1 Å². The van der Waals surface area contributed by atoms with Gasteiger partial charge in [0.2, 0.25) is 0 Å². The van der Waals surface area contributed by atoms with Crippen LogP contribution in [0, 0.1) is 23.3 Å². The van der Waals surface area contributed by atoms with E-state index in [1.807, 2.05) is 47.0 Å². The second-order valence-corrected chi connectivity index (χ2v) is 27.9. The Hall–Kier alpha value is -6.60. The molecular weight excluding hydrogens is 1230 g/mol. The molecule has 0 N–H and O–H groups in total. The Labute approximate surface area is 536 Å². The molecule has 0 saturated carbocycles. The molecule has 0 aliphatic carbocycles. The number of hydrogen-bond donors (Lipinski definition) is 0. The third-order valence-electron chi connectivity index (χ3n) is 15.0. The van der Waals surface area contributed by atoms with Crippen LogP contribution in [0.3, 0.4) is 0 Å². The van der Waals surface area contributed by atoms with Crippen LogP contribution in [0.25, 0.3) is 55.6 Å². The second-order valence-electron chi connectivity index (χ2n) is 20.9. The zero-order chi connectivity index (χ0) is 60.3. The molecule has 0 radical (unpaired) electrons. The van der Waals surface area contributed by atoms with E-state index in [9.17, 15) is 0 Å². The molecule has 2 aliphatic rings. The second kappa shape index (κ2) is 29.4. The first kappa shape index (κ1) is 61.6. The minimum atomic E-state index is -0.912. The molecule has 2 aliphatic heterocycles. The van der Waals surface area contributed by atoms with Crippen LogP contribution in [0.5, 0.6) is 23.0 Å². The van der Waals surface area contributed by atoms with E-state index in [0.29, 0.717) is 84.9 Å². The highest BCUT2D eigenvalue weighted by Gasteiger charge is 2.35. The molecule has 0 unspecified atom stereocenters.